The van der Waals surface area contributed by atoms with Gasteiger partial charge in [-0.05, 0) is 45.4 Å². The predicted octanol–water partition coefficient (Wildman–Crippen LogP) is 2.13. The molecular formula is C17H27NO5Si. The van der Waals surface area contributed by atoms with Crippen LogP contribution in [0, 0.1) is 0 Å². The molecule has 0 spiro atoms. The lowest BCUT2D eigenvalue weighted by Gasteiger charge is -2.30. The minimum atomic E-state index is -1.12. The second kappa shape index (κ2) is 9.44. The van der Waals surface area contributed by atoms with Crippen LogP contribution in [0.15, 0.2) is 30.3 Å². The van der Waals surface area contributed by atoms with Crippen molar-refractivity contribution < 1.29 is 24.2 Å². The van der Waals surface area contributed by atoms with Gasteiger partial charge in [0.15, 0.2) is 9.76 Å². The molecule has 0 radical (unpaired) electrons. The van der Waals surface area contributed by atoms with Crippen LogP contribution < -0.4 is 4.90 Å². The average molecular weight is 353 g/mol. The van der Waals surface area contributed by atoms with Crippen molar-refractivity contribution >= 4 is 27.4 Å². The summed E-state index contributed by atoms with van der Waals surface area (Å²) in [6, 6.07) is 8.94. The fourth-order valence-corrected chi connectivity index (χ4v) is 3.53. The predicted molar refractivity (Wildman–Crippen MR) is 96.3 cm³/mol. The Balaban J connectivity index is 2.75. The third-order valence-electron chi connectivity index (χ3n) is 3.45. The summed E-state index contributed by atoms with van der Waals surface area (Å²) in [5, 5.41) is 18.5. The normalized spacial score (nSPS) is 13.1. The molecule has 24 heavy (non-hydrogen) atoms. The Morgan fingerprint density at radius 2 is 1.83 bits per heavy atom. The molecule has 0 aliphatic heterocycles. The van der Waals surface area contributed by atoms with Gasteiger partial charge in [-0.2, -0.15) is 0 Å². The molecule has 0 aliphatic rings. The zero-order valence-electron chi connectivity index (χ0n) is 14.6. The molecule has 0 saturated heterocycles. The summed E-state index contributed by atoms with van der Waals surface area (Å²) in [6.07, 6.45) is 0.348. The highest BCUT2D eigenvalue weighted by molar-refractivity contribution is 6.27. The Bertz CT molecular complexity index is 530. The van der Waals surface area contributed by atoms with E-state index in [1.807, 2.05) is 39.0 Å². The van der Waals surface area contributed by atoms with E-state index in [0.29, 0.717) is 6.54 Å². The molecule has 7 heteroatoms. The van der Waals surface area contributed by atoms with Crippen molar-refractivity contribution in [2.75, 3.05) is 11.4 Å². The Morgan fingerprint density at radius 3 is 2.33 bits per heavy atom. The van der Waals surface area contributed by atoms with Crippen LogP contribution in [0.3, 0.4) is 0 Å². The van der Waals surface area contributed by atoms with E-state index in [2.05, 4.69) is 0 Å². The molecule has 2 N–H and O–H groups in total. The summed E-state index contributed by atoms with van der Waals surface area (Å²) < 4.78 is 5.80. The van der Waals surface area contributed by atoms with Gasteiger partial charge >= 0.3 is 11.9 Å². The maximum absolute atomic E-state index is 11.5. The number of nitrogens with zero attached hydrogens (tertiary/aromatic N) is 1. The second-order valence-electron chi connectivity index (χ2n) is 6.65. The highest BCUT2D eigenvalue weighted by Gasteiger charge is 2.28. The monoisotopic (exact) mass is 353 g/mol. The second-order valence-corrected chi connectivity index (χ2v) is 8.05. The minimum absolute atomic E-state index is 0.141. The fraction of sp³-hybridized carbons (Fsp3) is 0.529. The highest BCUT2D eigenvalue weighted by atomic mass is 28.2. The van der Waals surface area contributed by atoms with Gasteiger partial charge in [-0.15, -0.1) is 0 Å². The molecule has 6 nitrogen and oxygen atoms in total. The van der Waals surface area contributed by atoms with Crippen LogP contribution in [0.1, 0.15) is 33.6 Å². The van der Waals surface area contributed by atoms with Crippen LogP contribution in [-0.2, 0) is 14.0 Å². The van der Waals surface area contributed by atoms with Crippen molar-refractivity contribution in [3.63, 3.8) is 0 Å². The Hall–Kier alpha value is -1.86. The summed E-state index contributed by atoms with van der Waals surface area (Å²) in [7, 11) is -0.672. The Morgan fingerprint density at radius 1 is 1.21 bits per heavy atom. The van der Waals surface area contributed by atoms with Gasteiger partial charge in [0, 0.05) is 17.8 Å². The average Bonchev–Trinajstić information content (AvgIpc) is 2.48. The van der Waals surface area contributed by atoms with E-state index in [4.69, 9.17) is 9.53 Å². The summed E-state index contributed by atoms with van der Waals surface area (Å²) >= 11 is 0. The molecule has 0 amide bonds. The molecular weight excluding hydrogens is 326 g/mol. The first-order chi connectivity index (χ1) is 11.2. The van der Waals surface area contributed by atoms with Gasteiger partial charge < -0.3 is 19.5 Å². The summed E-state index contributed by atoms with van der Waals surface area (Å²) in [5.41, 5.74) is 0.586. The van der Waals surface area contributed by atoms with E-state index in [9.17, 15) is 14.7 Å². The lowest BCUT2D eigenvalue weighted by molar-refractivity contribution is -0.145. The highest BCUT2D eigenvalue weighted by Crippen LogP contribution is 2.20. The van der Waals surface area contributed by atoms with Gasteiger partial charge in [0.25, 0.3) is 0 Å². The third kappa shape index (κ3) is 7.61. The van der Waals surface area contributed by atoms with Crippen molar-refractivity contribution in [3.05, 3.63) is 30.3 Å². The largest absolute Gasteiger partial charge is 0.481 e. The van der Waals surface area contributed by atoms with Gasteiger partial charge in [0.05, 0.1) is 6.42 Å². The molecule has 1 aromatic carbocycles. The van der Waals surface area contributed by atoms with Crippen LogP contribution in [0.25, 0.3) is 0 Å². The minimum Gasteiger partial charge on any atom is -0.481 e. The summed E-state index contributed by atoms with van der Waals surface area (Å²) in [6.45, 7) is 6.55. The number of aliphatic carboxylic acids is 2. The third-order valence-corrected chi connectivity index (χ3v) is 5.30. The number of rotatable bonds is 10. The zero-order chi connectivity index (χ0) is 18.2. The Kier molecular flexibility index (Phi) is 7.94. The quantitative estimate of drug-likeness (QED) is 0.495. The Labute approximate surface area is 145 Å². The van der Waals surface area contributed by atoms with Crippen molar-refractivity contribution in [3.8, 4) is 0 Å². The fourth-order valence-electron chi connectivity index (χ4n) is 2.34. The first kappa shape index (κ1) is 20.2. The number of hydrogen-bond donors (Lipinski definition) is 2. The molecule has 1 rings (SSSR count). The first-order valence-electron chi connectivity index (χ1n) is 8.11. The molecule has 0 fully saturated rings. The van der Waals surface area contributed by atoms with E-state index in [1.165, 1.54) is 0 Å². The van der Waals surface area contributed by atoms with E-state index < -0.39 is 34.2 Å². The van der Waals surface area contributed by atoms with E-state index in [1.54, 1.807) is 17.0 Å². The number of carboxylic acid groups (broad SMARTS) is 2. The number of carbonyl (C=O) groups is 2. The number of hydrogen-bond acceptors (Lipinski definition) is 4. The lowest BCUT2D eigenvalue weighted by atomic mass is 10.1. The summed E-state index contributed by atoms with van der Waals surface area (Å²) in [4.78, 5) is 24.3. The zero-order valence-corrected chi connectivity index (χ0v) is 16.0. The van der Waals surface area contributed by atoms with E-state index in [0.717, 1.165) is 18.2 Å². The molecule has 1 unspecified atom stereocenters. The molecule has 0 bridgehead atoms. The maximum Gasteiger partial charge on any atom is 0.326 e. The van der Waals surface area contributed by atoms with Gasteiger partial charge in [0.2, 0.25) is 0 Å². The molecule has 0 aliphatic carbocycles. The van der Waals surface area contributed by atoms with Gasteiger partial charge in [-0.25, -0.2) is 4.79 Å². The molecule has 0 saturated carbocycles. The van der Waals surface area contributed by atoms with Gasteiger partial charge in [-0.3, -0.25) is 4.79 Å². The molecule has 134 valence electrons. The first-order valence-corrected chi connectivity index (χ1v) is 9.68. The molecule has 1 atom stereocenters. The maximum atomic E-state index is 11.5. The van der Waals surface area contributed by atoms with Crippen molar-refractivity contribution in [2.45, 2.75) is 51.3 Å². The van der Waals surface area contributed by atoms with Crippen LogP contribution in [0.2, 0.25) is 6.04 Å². The van der Waals surface area contributed by atoms with Gasteiger partial charge in [-0.1, -0.05) is 18.2 Å². The van der Waals surface area contributed by atoms with Crippen molar-refractivity contribution in [2.24, 2.45) is 0 Å². The van der Waals surface area contributed by atoms with Crippen molar-refractivity contribution in [1.82, 2.24) is 0 Å². The van der Waals surface area contributed by atoms with Crippen molar-refractivity contribution in [1.29, 1.82) is 0 Å². The molecule has 0 aromatic heterocycles. The molecule has 0 heterocycles. The summed E-state index contributed by atoms with van der Waals surface area (Å²) in [5.74, 6) is -2.24. The van der Waals surface area contributed by atoms with Crippen LogP contribution in [0.5, 0.6) is 0 Å². The SMILES string of the molecule is CC(C)(C)O[SiH2]CCCN(c1ccccc1)C(CC(=O)O)C(=O)O. The smallest absolute Gasteiger partial charge is 0.326 e. The standard InChI is InChI=1S/C17H27NO5Si/c1-17(2,3)23-24-11-7-10-18(13-8-5-4-6-9-13)14(16(21)22)12-15(19)20/h4-6,8-9,14H,7,10-12,24H2,1-3H3,(H,19,20)(H,21,22). The topological polar surface area (TPSA) is 87.1 Å². The van der Waals surface area contributed by atoms with Crippen LogP contribution in [-0.4, -0.2) is 50.1 Å². The van der Waals surface area contributed by atoms with E-state index in [-0.39, 0.29) is 5.60 Å². The van der Waals surface area contributed by atoms with Crippen LogP contribution >= 0.6 is 0 Å². The number of benzene rings is 1. The van der Waals surface area contributed by atoms with E-state index >= 15 is 0 Å². The van der Waals surface area contributed by atoms with Gasteiger partial charge in [0.1, 0.15) is 6.04 Å². The van der Waals surface area contributed by atoms with Crippen LogP contribution in [0.4, 0.5) is 5.69 Å². The molecule has 1 aromatic rings. The number of para-hydroxylation sites is 1. The number of anilines is 1. The number of carboxylic acids is 2. The lowest BCUT2D eigenvalue weighted by Crippen LogP contribution is -2.43.